The molecule has 0 aromatic heterocycles. The first kappa shape index (κ1) is 13.8. The van der Waals surface area contributed by atoms with Crippen LogP contribution in [0.1, 0.15) is 30.1 Å². The van der Waals surface area contributed by atoms with Crippen molar-refractivity contribution in [2.45, 2.75) is 31.8 Å². The molecule has 1 unspecified atom stereocenters. The zero-order valence-corrected chi connectivity index (χ0v) is 11.2. The van der Waals surface area contributed by atoms with Gasteiger partial charge in [-0.25, -0.2) is 4.39 Å². The number of carbonyl (C=O) groups excluding carboxylic acids is 1. The van der Waals surface area contributed by atoms with Gasteiger partial charge in [-0.2, -0.15) is 0 Å². The number of hydrogen-bond donors (Lipinski definition) is 2. The molecule has 0 radical (unpaired) electrons. The molecule has 2 N–H and O–H groups in total. The summed E-state index contributed by atoms with van der Waals surface area (Å²) in [6.07, 6.45) is 2.42. The molecule has 1 amide bonds. The largest absolute Gasteiger partial charge is 0.507 e. The predicted octanol–water partition coefficient (Wildman–Crippen LogP) is 1.74. The smallest absolute Gasteiger partial charge is 0.255 e. The molecule has 1 fully saturated rings. The number of phenolic OH excluding ortho intramolecular Hbond substituents is 1. The molecule has 1 aromatic rings. The number of likely N-dealkylation sites (N-methyl/N-ethyl adjacent to an activating group) is 1. The van der Waals surface area contributed by atoms with E-state index in [0.717, 1.165) is 12.1 Å². The molecular formula is C14H19FN2O2. The Morgan fingerprint density at radius 3 is 2.89 bits per heavy atom. The fourth-order valence-corrected chi connectivity index (χ4v) is 2.01. The van der Waals surface area contributed by atoms with Crippen molar-refractivity contribution < 1.29 is 14.3 Å². The molecule has 1 aromatic carbocycles. The highest BCUT2D eigenvalue weighted by atomic mass is 19.1. The fraction of sp³-hybridized carbons (Fsp3) is 0.500. The molecule has 1 aliphatic carbocycles. The Morgan fingerprint density at radius 2 is 2.26 bits per heavy atom. The summed E-state index contributed by atoms with van der Waals surface area (Å²) >= 11 is 0. The first-order chi connectivity index (χ1) is 8.99. The van der Waals surface area contributed by atoms with Gasteiger partial charge in [0.2, 0.25) is 0 Å². The van der Waals surface area contributed by atoms with Gasteiger partial charge in [-0.3, -0.25) is 9.69 Å². The summed E-state index contributed by atoms with van der Waals surface area (Å²) in [5, 5.41) is 12.3. The third-order valence-electron chi connectivity index (χ3n) is 3.58. The summed E-state index contributed by atoms with van der Waals surface area (Å²) in [6.45, 7) is 2.51. The first-order valence-electron chi connectivity index (χ1n) is 6.47. The van der Waals surface area contributed by atoms with Crippen molar-refractivity contribution in [1.82, 2.24) is 10.2 Å². The Hall–Kier alpha value is -1.62. The number of nitrogens with zero attached hydrogens (tertiary/aromatic N) is 1. The lowest BCUT2D eigenvalue weighted by Crippen LogP contribution is -2.41. The van der Waals surface area contributed by atoms with E-state index < -0.39 is 11.7 Å². The van der Waals surface area contributed by atoms with E-state index in [1.807, 2.05) is 14.0 Å². The van der Waals surface area contributed by atoms with Crippen LogP contribution in [0.25, 0.3) is 0 Å². The molecule has 1 aliphatic rings. The lowest BCUT2D eigenvalue weighted by Gasteiger charge is -2.24. The Kier molecular flexibility index (Phi) is 4.04. The van der Waals surface area contributed by atoms with Crippen molar-refractivity contribution in [3.8, 4) is 5.75 Å². The summed E-state index contributed by atoms with van der Waals surface area (Å²) < 4.78 is 13.0. The maximum atomic E-state index is 13.0. The maximum absolute atomic E-state index is 13.0. The topological polar surface area (TPSA) is 52.6 Å². The molecular weight excluding hydrogens is 247 g/mol. The van der Waals surface area contributed by atoms with E-state index >= 15 is 0 Å². The fourth-order valence-electron chi connectivity index (χ4n) is 2.01. The van der Waals surface area contributed by atoms with Gasteiger partial charge in [0.1, 0.15) is 11.6 Å². The minimum Gasteiger partial charge on any atom is -0.507 e. The van der Waals surface area contributed by atoms with Gasteiger partial charge in [0.25, 0.3) is 5.91 Å². The average Bonchev–Trinajstić information content (AvgIpc) is 3.21. The van der Waals surface area contributed by atoms with Gasteiger partial charge >= 0.3 is 0 Å². The normalized spacial score (nSPS) is 16.4. The van der Waals surface area contributed by atoms with Gasteiger partial charge < -0.3 is 10.4 Å². The summed E-state index contributed by atoms with van der Waals surface area (Å²) in [5.74, 6) is -1.19. The second-order valence-corrected chi connectivity index (χ2v) is 5.12. The Bertz CT molecular complexity index is 475. The van der Waals surface area contributed by atoms with Crippen molar-refractivity contribution in [2.75, 3.05) is 13.6 Å². The van der Waals surface area contributed by atoms with Crippen molar-refractivity contribution in [3.05, 3.63) is 29.6 Å². The Labute approximate surface area is 112 Å². The average molecular weight is 266 g/mol. The van der Waals surface area contributed by atoms with E-state index in [1.54, 1.807) is 0 Å². The van der Waals surface area contributed by atoms with Crippen molar-refractivity contribution in [3.63, 3.8) is 0 Å². The number of benzene rings is 1. The molecule has 0 spiro atoms. The number of carbonyl (C=O) groups is 1. The predicted molar refractivity (Wildman–Crippen MR) is 70.6 cm³/mol. The molecule has 104 valence electrons. The minimum absolute atomic E-state index is 0.0266. The van der Waals surface area contributed by atoms with Crippen LogP contribution >= 0.6 is 0 Å². The molecule has 1 atom stereocenters. The molecule has 0 aliphatic heterocycles. The van der Waals surface area contributed by atoms with E-state index in [0.29, 0.717) is 12.6 Å². The molecule has 1 saturated carbocycles. The zero-order valence-electron chi connectivity index (χ0n) is 11.2. The number of phenols is 1. The SMILES string of the molecule is CC(CNC(=O)c1cc(F)ccc1O)N(C)C1CC1. The van der Waals surface area contributed by atoms with E-state index in [4.69, 9.17) is 0 Å². The van der Waals surface area contributed by atoms with Gasteiger partial charge in [0.15, 0.2) is 0 Å². The van der Waals surface area contributed by atoms with E-state index in [1.165, 1.54) is 18.9 Å². The monoisotopic (exact) mass is 266 g/mol. The van der Waals surface area contributed by atoms with Gasteiger partial charge in [-0.1, -0.05) is 0 Å². The van der Waals surface area contributed by atoms with Crippen LogP contribution in [-0.4, -0.2) is 41.6 Å². The third-order valence-corrected chi connectivity index (χ3v) is 3.58. The van der Waals surface area contributed by atoms with Crippen LogP contribution in [0.3, 0.4) is 0 Å². The molecule has 19 heavy (non-hydrogen) atoms. The van der Waals surface area contributed by atoms with Crippen molar-refractivity contribution in [2.24, 2.45) is 0 Å². The highest BCUT2D eigenvalue weighted by Crippen LogP contribution is 2.26. The summed E-state index contributed by atoms with van der Waals surface area (Å²) in [4.78, 5) is 14.1. The Morgan fingerprint density at radius 1 is 1.58 bits per heavy atom. The molecule has 0 saturated heterocycles. The second kappa shape index (κ2) is 5.57. The van der Waals surface area contributed by atoms with Crippen LogP contribution in [0, 0.1) is 5.82 Å². The number of halogens is 1. The van der Waals surface area contributed by atoms with E-state index in [-0.39, 0.29) is 17.4 Å². The van der Waals surface area contributed by atoms with E-state index in [9.17, 15) is 14.3 Å². The quantitative estimate of drug-likeness (QED) is 0.853. The standard InChI is InChI=1S/C14H19FN2O2/c1-9(17(2)11-4-5-11)8-16-14(19)12-7-10(15)3-6-13(12)18/h3,6-7,9,11,18H,4-5,8H2,1-2H3,(H,16,19). The van der Waals surface area contributed by atoms with Crippen molar-refractivity contribution >= 4 is 5.91 Å². The molecule has 0 heterocycles. The van der Waals surface area contributed by atoms with Crippen LogP contribution in [0.15, 0.2) is 18.2 Å². The van der Waals surface area contributed by atoms with Gasteiger partial charge in [-0.05, 0) is 45.0 Å². The molecule has 4 nitrogen and oxygen atoms in total. The number of nitrogens with one attached hydrogen (secondary N) is 1. The van der Waals surface area contributed by atoms with Crippen LogP contribution in [0.5, 0.6) is 5.75 Å². The summed E-state index contributed by atoms with van der Waals surface area (Å²) in [5.41, 5.74) is -0.0266. The van der Waals surface area contributed by atoms with Crippen LogP contribution in [-0.2, 0) is 0 Å². The van der Waals surface area contributed by atoms with Gasteiger partial charge in [-0.15, -0.1) is 0 Å². The van der Waals surface area contributed by atoms with Crippen molar-refractivity contribution in [1.29, 1.82) is 0 Å². The lowest BCUT2D eigenvalue weighted by molar-refractivity contribution is 0.0936. The zero-order chi connectivity index (χ0) is 14.0. The van der Waals surface area contributed by atoms with Gasteiger partial charge in [0.05, 0.1) is 5.56 Å². The number of amides is 1. The molecule has 5 heteroatoms. The van der Waals surface area contributed by atoms with Crippen LogP contribution in [0.2, 0.25) is 0 Å². The highest BCUT2D eigenvalue weighted by molar-refractivity contribution is 5.96. The lowest BCUT2D eigenvalue weighted by atomic mass is 10.1. The third kappa shape index (κ3) is 3.44. The number of hydrogen-bond acceptors (Lipinski definition) is 3. The van der Waals surface area contributed by atoms with Crippen LogP contribution in [0.4, 0.5) is 4.39 Å². The maximum Gasteiger partial charge on any atom is 0.255 e. The van der Waals surface area contributed by atoms with Crippen LogP contribution < -0.4 is 5.32 Å². The summed E-state index contributed by atoms with van der Waals surface area (Å²) in [7, 11) is 2.04. The first-order valence-corrected chi connectivity index (χ1v) is 6.47. The minimum atomic E-state index is -0.536. The number of aromatic hydroxyl groups is 1. The highest BCUT2D eigenvalue weighted by Gasteiger charge is 2.29. The molecule has 0 bridgehead atoms. The Balaban J connectivity index is 1.91. The molecule has 2 rings (SSSR count). The number of rotatable bonds is 5. The van der Waals surface area contributed by atoms with Gasteiger partial charge in [0, 0.05) is 18.6 Å². The van der Waals surface area contributed by atoms with E-state index in [2.05, 4.69) is 10.2 Å². The summed E-state index contributed by atoms with van der Waals surface area (Å²) in [6, 6.07) is 4.18. The second-order valence-electron chi connectivity index (χ2n) is 5.12.